The van der Waals surface area contributed by atoms with E-state index in [1.165, 1.54) is 13.1 Å². The Hall–Kier alpha value is -2.48. The van der Waals surface area contributed by atoms with E-state index >= 15 is 0 Å². The fourth-order valence-corrected chi connectivity index (χ4v) is 3.18. The first-order chi connectivity index (χ1) is 12.4. The number of nitrogens with one attached hydrogen (secondary N) is 2. The van der Waals surface area contributed by atoms with Crippen molar-refractivity contribution < 1.29 is 14.4 Å². The molecule has 0 aliphatic carbocycles. The number of carbonyl (C=O) groups is 3. The molecule has 1 fully saturated rings. The Bertz CT molecular complexity index is 831. The molecule has 1 atom stereocenters. The highest BCUT2D eigenvalue weighted by Crippen LogP contribution is 2.21. The van der Waals surface area contributed by atoms with Gasteiger partial charge in [-0.15, -0.1) is 0 Å². The summed E-state index contributed by atoms with van der Waals surface area (Å²) in [6.45, 7) is 2.39. The summed E-state index contributed by atoms with van der Waals surface area (Å²) in [7, 11) is 0. The molecule has 136 valence electrons. The van der Waals surface area contributed by atoms with E-state index in [1.54, 1.807) is 29.3 Å². The number of Topliss-reactive ketones (excluding diaryl/α,β-unsaturated/α-hetero) is 1. The van der Waals surface area contributed by atoms with Gasteiger partial charge < -0.3 is 15.2 Å². The molecule has 8 heteroatoms. The first-order valence-corrected chi connectivity index (χ1v) is 9.14. The second-order valence-corrected chi connectivity index (χ2v) is 7.22. The molecule has 3 heterocycles. The minimum absolute atomic E-state index is 0.0989. The van der Waals surface area contributed by atoms with E-state index < -0.39 is 0 Å². The zero-order valence-electron chi connectivity index (χ0n) is 14.3. The minimum Gasteiger partial charge on any atom is -0.356 e. The van der Waals surface area contributed by atoms with Gasteiger partial charge in [-0.25, -0.2) is 4.98 Å². The number of likely N-dealkylation sites (tertiary alicyclic amines) is 1. The summed E-state index contributed by atoms with van der Waals surface area (Å²) in [5, 5.41) is 2.80. The number of carbonyl (C=O) groups excluding carboxylic acids is 3. The Kier molecular flexibility index (Phi) is 5.51. The van der Waals surface area contributed by atoms with Crippen LogP contribution in [0.5, 0.6) is 0 Å². The molecule has 0 saturated carbocycles. The summed E-state index contributed by atoms with van der Waals surface area (Å²) in [4.78, 5) is 45.2. The largest absolute Gasteiger partial charge is 0.356 e. The molecular formula is C18H19BrN4O3. The average molecular weight is 419 g/mol. The molecule has 2 N–H and O–H groups in total. The topological polar surface area (TPSA) is 95.2 Å². The van der Waals surface area contributed by atoms with Crippen LogP contribution in [-0.4, -0.2) is 45.6 Å². The van der Waals surface area contributed by atoms with E-state index in [9.17, 15) is 14.4 Å². The van der Waals surface area contributed by atoms with Crippen LogP contribution in [0.15, 0.2) is 35.1 Å². The smallest absolute Gasteiger partial charge is 0.270 e. The maximum atomic E-state index is 12.6. The Morgan fingerprint density at radius 3 is 2.81 bits per heavy atom. The number of hydrogen-bond acceptors (Lipinski definition) is 4. The molecule has 0 spiro atoms. The maximum absolute atomic E-state index is 12.6. The van der Waals surface area contributed by atoms with Crippen LogP contribution in [0.3, 0.4) is 0 Å². The fraction of sp³-hybridized carbons (Fsp3) is 0.333. The molecule has 1 aliphatic rings. The highest BCUT2D eigenvalue weighted by Gasteiger charge is 2.29. The van der Waals surface area contributed by atoms with Crippen molar-refractivity contribution in [2.75, 3.05) is 18.4 Å². The summed E-state index contributed by atoms with van der Waals surface area (Å²) < 4.78 is 0.834. The van der Waals surface area contributed by atoms with Crippen molar-refractivity contribution in [1.82, 2.24) is 14.9 Å². The second kappa shape index (κ2) is 7.82. The van der Waals surface area contributed by atoms with Crippen LogP contribution in [-0.2, 0) is 4.79 Å². The molecule has 7 nitrogen and oxygen atoms in total. The number of rotatable bonds is 4. The van der Waals surface area contributed by atoms with Gasteiger partial charge in [0.1, 0.15) is 11.5 Å². The molecule has 2 aromatic rings. The third-order valence-corrected chi connectivity index (χ3v) is 4.85. The van der Waals surface area contributed by atoms with Crippen LogP contribution in [0, 0.1) is 5.92 Å². The van der Waals surface area contributed by atoms with Gasteiger partial charge in [0.2, 0.25) is 5.91 Å². The lowest BCUT2D eigenvalue weighted by Crippen LogP contribution is -2.44. The standard InChI is InChI=1S/C18H19BrN4O3/c1-11(24)13-7-15(20-8-13)18(26)23-6-2-3-12(10-23)17(25)22-16-5-4-14(19)9-21-16/h4-5,7-9,12,20H,2-3,6,10H2,1H3,(H,21,22,25)/t12-/m1/s1. The van der Waals surface area contributed by atoms with Crippen LogP contribution in [0.2, 0.25) is 0 Å². The molecule has 0 unspecified atom stereocenters. The number of hydrogen-bond donors (Lipinski definition) is 2. The number of piperidine rings is 1. The van der Waals surface area contributed by atoms with Gasteiger partial charge in [0.05, 0.1) is 5.92 Å². The normalized spacial score (nSPS) is 17.0. The minimum atomic E-state index is -0.291. The number of halogens is 1. The second-order valence-electron chi connectivity index (χ2n) is 6.30. The molecule has 1 aliphatic heterocycles. The van der Waals surface area contributed by atoms with Crippen molar-refractivity contribution in [3.63, 3.8) is 0 Å². The Labute approximate surface area is 159 Å². The van der Waals surface area contributed by atoms with E-state index in [-0.39, 0.29) is 23.5 Å². The summed E-state index contributed by atoms with van der Waals surface area (Å²) in [6, 6.07) is 5.08. The third-order valence-electron chi connectivity index (χ3n) is 4.38. The number of ketones is 1. The number of anilines is 1. The number of aromatic nitrogens is 2. The molecule has 2 amide bonds. The highest BCUT2D eigenvalue weighted by atomic mass is 79.9. The maximum Gasteiger partial charge on any atom is 0.270 e. The van der Waals surface area contributed by atoms with Gasteiger partial charge in [-0.2, -0.15) is 0 Å². The van der Waals surface area contributed by atoms with Gasteiger partial charge in [-0.1, -0.05) is 0 Å². The monoisotopic (exact) mass is 418 g/mol. The van der Waals surface area contributed by atoms with Crippen LogP contribution in [0.25, 0.3) is 0 Å². The molecule has 0 radical (unpaired) electrons. The summed E-state index contributed by atoms with van der Waals surface area (Å²) >= 11 is 3.30. The van der Waals surface area contributed by atoms with Crippen molar-refractivity contribution in [3.05, 3.63) is 46.3 Å². The van der Waals surface area contributed by atoms with Crippen molar-refractivity contribution in [2.24, 2.45) is 5.92 Å². The van der Waals surface area contributed by atoms with E-state index in [1.807, 2.05) is 0 Å². The van der Waals surface area contributed by atoms with Crippen molar-refractivity contribution in [2.45, 2.75) is 19.8 Å². The molecule has 0 bridgehead atoms. The van der Waals surface area contributed by atoms with Gasteiger partial charge in [0.15, 0.2) is 5.78 Å². The van der Waals surface area contributed by atoms with Crippen LogP contribution in [0.4, 0.5) is 5.82 Å². The van der Waals surface area contributed by atoms with Crippen LogP contribution in [0.1, 0.15) is 40.6 Å². The summed E-state index contributed by atoms with van der Waals surface area (Å²) in [5.74, 6) is -0.249. The van der Waals surface area contributed by atoms with Gasteiger partial charge in [-0.3, -0.25) is 14.4 Å². The molecule has 2 aromatic heterocycles. The van der Waals surface area contributed by atoms with Crippen LogP contribution >= 0.6 is 15.9 Å². The highest BCUT2D eigenvalue weighted by molar-refractivity contribution is 9.10. The first kappa shape index (κ1) is 18.3. The molecule has 26 heavy (non-hydrogen) atoms. The number of H-pyrrole nitrogens is 1. The van der Waals surface area contributed by atoms with Gasteiger partial charge >= 0.3 is 0 Å². The van der Waals surface area contributed by atoms with Gasteiger partial charge in [0.25, 0.3) is 5.91 Å². The van der Waals surface area contributed by atoms with Crippen LogP contribution < -0.4 is 5.32 Å². The molecular weight excluding hydrogens is 400 g/mol. The Morgan fingerprint density at radius 1 is 1.35 bits per heavy atom. The fourth-order valence-electron chi connectivity index (χ4n) is 2.95. The van der Waals surface area contributed by atoms with Gasteiger partial charge in [0, 0.05) is 35.5 Å². The Balaban J connectivity index is 1.64. The summed E-state index contributed by atoms with van der Waals surface area (Å²) in [6.07, 6.45) is 4.61. The number of pyridine rings is 1. The zero-order chi connectivity index (χ0) is 18.7. The number of nitrogens with zero attached hydrogens (tertiary/aromatic N) is 2. The number of amides is 2. The van der Waals surface area contributed by atoms with Crippen molar-refractivity contribution in [3.8, 4) is 0 Å². The summed E-state index contributed by atoms with van der Waals surface area (Å²) in [5.41, 5.74) is 0.840. The predicted molar refractivity (Wildman–Crippen MR) is 100.0 cm³/mol. The zero-order valence-corrected chi connectivity index (χ0v) is 15.9. The lowest BCUT2D eigenvalue weighted by atomic mass is 9.97. The first-order valence-electron chi connectivity index (χ1n) is 8.35. The molecule has 3 rings (SSSR count). The van der Waals surface area contributed by atoms with E-state index in [0.717, 1.165) is 17.3 Å². The Morgan fingerprint density at radius 2 is 2.15 bits per heavy atom. The SMILES string of the molecule is CC(=O)c1c[nH]c(C(=O)N2CCC[C@@H](C(=O)Nc3ccc(Br)cn3)C2)c1. The van der Waals surface area contributed by atoms with Gasteiger partial charge in [-0.05, 0) is 53.9 Å². The van der Waals surface area contributed by atoms with E-state index in [2.05, 4.69) is 31.2 Å². The number of aromatic amines is 1. The average Bonchev–Trinajstić information content (AvgIpc) is 3.13. The van der Waals surface area contributed by atoms with E-state index in [0.29, 0.717) is 30.2 Å². The molecule has 0 aromatic carbocycles. The van der Waals surface area contributed by atoms with Crippen molar-refractivity contribution in [1.29, 1.82) is 0 Å². The molecule has 1 saturated heterocycles. The third kappa shape index (κ3) is 4.19. The quantitative estimate of drug-likeness (QED) is 0.746. The predicted octanol–water partition coefficient (Wildman–Crippen LogP) is 2.87. The van der Waals surface area contributed by atoms with Crippen molar-refractivity contribution >= 4 is 39.3 Å². The lowest BCUT2D eigenvalue weighted by Gasteiger charge is -2.31. The lowest BCUT2D eigenvalue weighted by molar-refractivity contribution is -0.121. The van der Waals surface area contributed by atoms with E-state index in [4.69, 9.17) is 0 Å².